The average Bonchev–Trinajstić information content (AvgIpc) is 2.10. The van der Waals surface area contributed by atoms with Gasteiger partial charge in [-0.2, -0.15) is 0 Å². The Hall–Kier alpha value is -1.78. The zero-order valence-corrected chi connectivity index (χ0v) is 8.96. The van der Waals surface area contributed by atoms with Gasteiger partial charge in [-0.25, -0.2) is 9.59 Å². The van der Waals surface area contributed by atoms with Crippen LogP contribution < -0.4 is 5.32 Å². The van der Waals surface area contributed by atoms with Crippen molar-refractivity contribution in [3.8, 4) is 0 Å². The van der Waals surface area contributed by atoms with Gasteiger partial charge in [-0.15, -0.1) is 0 Å². The number of allylic oxidation sites excluding steroid dienone is 1. The molecular weight excluding hydrogens is 198 g/mol. The smallest absolute Gasteiger partial charge is 0.412 e. The molecule has 0 unspecified atom stereocenters. The van der Waals surface area contributed by atoms with Gasteiger partial charge in [-0.1, -0.05) is 13.2 Å². The lowest BCUT2D eigenvalue weighted by atomic mass is 10.4. The zero-order chi connectivity index (χ0) is 11.8. The molecule has 0 heterocycles. The number of carbonyl (C=O) groups is 2. The van der Waals surface area contributed by atoms with E-state index < -0.39 is 12.1 Å². The van der Waals surface area contributed by atoms with Crippen molar-refractivity contribution in [1.29, 1.82) is 0 Å². The van der Waals surface area contributed by atoms with Gasteiger partial charge in [0.05, 0.1) is 12.3 Å². The molecule has 0 radical (unpaired) electrons. The lowest BCUT2D eigenvalue weighted by molar-refractivity contribution is -0.138. The van der Waals surface area contributed by atoms with Crippen LogP contribution in [0.4, 0.5) is 4.79 Å². The van der Waals surface area contributed by atoms with Gasteiger partial charge in [0.15, 0.2) is 0 Å². The van der Waals surface area contributed by atoms with Crippen LogP contribution in [0.2, 0.25) is 0 Å². The van der Waals surface area contributed by atoms with E-state index in [1.54, 1.807) is 13.8 Å². The predicted molar refractivity (Wildman–Crippen MR) is 55.1 cm³/mol. The third-order valence-corrected chi connectivity index (χ3v) is 1.22. The Morgan fingerprint density at radius 3 is 2.33 bits per heavy atom. The summed E-state index contributed by atoms with van der Waals surface area (Å²) in [6, 6.07) is 0. The van der Waals surface area contributed by atoms with Crippen molar-refractivity contribution in [3.63, 3.8) is 0 Å². The van der Waals surface area contributed by atoms with Gasteiger partial charge in [0.2, 0.25) is 0 Å². The fraction of sp³-hybridized carbons (Fsp3) is 0.400. The largest absolute Gasteiger partial charge is 0.460 e. The number of esters is 1. The van der Waals surface area contributed by atoms with Crippen molar-refractivity contribution < 1.29 is 19.1 Å². The minimum absolute atomic E-state index is 0.0803. The fourth-order valence-electron chi connectivity index (χ4n) is 0.614. The first-order chi connectivity index (χ1) is 6.93. The highest BCUT2D eigenvalue weighted by atomic mass is 16.6. The van der Waals surface area contributed by atoms with Gasteiger partial charge < -0.3 is 14.8 Å². The molecule has 1 N–H and O–H groups in total. The Labute approximate surface area is 88.7 Å². The number of hydrogen-bond acceptors (Lipinski definition) is 4. The highest BCUT2D eigenvalue weighted by Crippen LogP contribution is 1.92. The summed E-state index contributed by atoms with van der Waals surface area (Å²) < 4.78 is 9.33. The van der Waals surface area contributed by atoms with Crippen molar-refractivity contribution in [2.24, 2.45) is 0 Å². The van der Waals surface area contributed by atoms with Crippen LogP contribution in [0.15, 0.2) is 24.5 Å². The molecule has 0 aliphatic heterocycles. The van der Waals surface area contributed by atoms with Crippen molar-refractivity contribution in [1.82, 2.24) is 5.32 Å². The molecule has 5 nitrogen and oxygen atoms in total. The summed E-state index contributed by atoms with van der Waals surface area (Å²) in [7, 11) is 0. The van der Waals surface area contributed by atoms with E-state index in [4.69, 9.17) is 4.74 Å². The Kier molecular flexibility index (Phi) is 5.85. The first-order valence-electron chi connectivity index (χ1n) is 4.37. The van der Waals surface area contributed by atoms with E-state index in [9.17, 15) is 9.59 Å². The van der Waals surface area contributed by atoms with Gasteiger partial charge >= 0.3 is 12.1 Å². The van der Waals surface area contributed by atoms with Crippen LogP contribution >= 0.6 is 0 Å². The third-order valence-electron chi connectivity index (χ3n) is 1.22. The summed E-state index contributed by atoms with van der Waals surface area (Å²) in [6.45, 7) is 10.2. The Bertz CT molecular complexity index is 283. The number of rotatable bonds is 5. The Morgan fingerprint density at radius 1 is 1.27 bits per heavy atom. The van der Waals surface area contributed by atoms with Crippen LogP contribution in [0.1, 0.15) is 13.8 Å². The average molecular weight is 213 g/mol. The molecule has 5 heteroatoms. The van der Waals surface area contributed by atoms with Gasteiger partial charge in [0.25, 0.3) is 0 Å². The Morgan fingerprint density at radius 2 is 1.87 bits per heavy atom. The first kappa shape index (κ1) is 13.2. The molecule has 0 saturated heterocycles. The third kappa shape index (κ3) is 7.30. The number of alkyl carbamates (subject to hydrolysis) is 1. The van der Waals surface area contributed by atoms with E-state index in [1.807, 2.05) is 0 Å². The monoisotopic (exact) mass is 213 g/mol. The van der Waals surface area contributed by atoms with Crippen molar-refractivity contribution in [2.75, 3.05) is 13.2 Å². The van der Waals surface area contributed by atoms with Crippen LogP contribution in [0.3, 0.4) is 0 Å². The molecule has 0 aliphatic rings. The molecule has 0 spiro atoms. The molecular formula is C10H15NO4. The van der Waals surface area contributed by atoms with Crippen LogP contribution in [0.5, 0.6) is 0 Å². The number of hydrogen-bond donors (Lipinski definition) is 1. The van der Waals surface area contributed by atoms with Gasteiger partial charge in [-0.05, 0) is 13.8 Å². The number of carbonyl (C=O) groups excluding carboxylic acids is 2. The fourth-order valence-corrected chi connectivity index (χ4v) is 0.614. The molecule has 15 heavy (non-hydrogen) atoms. The van der Waals surface area contributed by atoms with Crippen LogP contribution in [-0.2, 0) is 14.3 Å². The lowest BCUT2D eigenvalue weighted by Crippen LogP contribution is -2.28. The highest BCUT2D eigenvalue weighted by Gasteiger charge is 2.04. The summed E-state index contributed by atoms with van der Waals surface area (Å²) in [4.78, 5) is 21.8. The molecule has 0 fully saturated rings. The molecule has 84 valence electrons. The molecule has 0 rings (SSSR count). The van der Waals surface area contributed by atoms with E-state index in [0.29, 0.717) is 11.3 Å². The minimum Gasteiger partial charge on any atom is -0.460 e. The van der Waals surface area contributed by atoms with Crippen LogP contribution in [0, 0.1) is 0 Å². The van der Waals surface area contributed by atoms with Crippen molar-refractivity contribution >= 4 is 12.1 Å². The highest BCUT2D eigenvalue weighted by molar-refractivity contribution is 5.86. The lowest BCUT2D eigenvalue weighted by Gasteiger charge is -2.06. The van der Waals surface area contributed by atoms with Gasteiger partial charge in [0.1, 0.15) is 6.61 Å². The number of nitrogens with one attached hydrogen (secondary N) is 1. The molecule has 0 aromatic carbocycles. The van der Waals surface area contributed by atoms with Gasteiger partial charge in [0, 0.05) is 5.57 Å². The quantitative estimate of drug-likeness (QED) is 0.324. The van der Waals surface area contributed by atoms with Crippen molar-refractivity contribution in [2.45, 2.75) is 13.8 Å². The maximum atomic E-state index is 10.9. The molecule has 0 aliphatic carbocycles. The minimum atomic E-state index is -0.617. The first-order valence-corrected chi connectivity index (χ1v) is 4.37. The van der Waals surface area contributed by atoms with E-state index in [0.717, 1.165) is 0 Å². The molecule has 0 aromatic rings. The van der Waals surface area contributed by atoms with Crippen LogP contribution in [-0.4, -0.2) is 25.2 Å². The number of ether oxygens (including phenoxy) is 2. The second kappa shape index (κ2) is 6.64. The summed E-state index contributed by atoms with van der Waals surface area (Å²) >= 11 is 0. The molecule has 0 atom stereocenters. The van der Waals surface area contributed by atoms with E-state index in [1.165, 1.54) is 0 Å². The molecule has 0 bridgehead atoms. The predicted octanol–water partition coefficient (Wildman–Crippen LogP) is 1.37. The summed E-state index contributed by atoms with van der Waals surface area (Å²) in [5.41, 5.74) is 0.319. The second-order valence-corrected chi connectivity index (χ2v) is 2.93. The van der Waals surface area contributed by atoms with E-state index in [-0.39, 0.29) is 13.2 Å². The van der Waals surface area contributed by atoms with E-state index >= 15 is 0 Å². The second-order valence-electron chi connectivity index (χ2n) is 2.93. The summed E-state index contributed by atoms with van der Waals surface area (Å²) in [6.07, 6.45) is -0.617. The normalized spacial score (nSPS) is 8.93. The summed E-state index contributed by atoms with van der Waals surface area (Å²) in [5, 5.41) is 2.38. The van der Waals surface area contributed by atoms with Crippen molar-refractivity contribution in [3.05, 3.63) is 24.5 Å². The van der Waals surface area contributed by atoms with E-state index in [2.05, 4.69) is 23.2 Å². The SMILES string of the molecule is C=C(C)OC(=O)NCCOC(=O)C(=C)C. The number of amides is 1. The maximum absolute atomic E-state index is 10.9. The maximum Gasteiger partial charge on any atom is 0.412 e. The summed E-state index contributed by atoms with van der Waals surface area (Å²) in [5.74, 6) is -0.184. The molecule has 0 saturated carbocycles. The zero-order valence-electron chi connectivity index (χ0n) is 8.96. The van der Waals surface area contributed by atoms with Gasteiger partial charge in [-0.3, -0.25) is 0 Å². The topological polar surface area (TPSA) is 64.6 Å². The Balaban J connectivity index is 3.55. The molecule has 1 amide bonds. The molecule has 0 aromatic heterocycles. The van der Waals surface area contributed by atoms with Crippen LogP contribution in [0.25, 0.3) is 0 Å². The standard InChI is InChI=1S/C10H15NO4/c1-7(2)9(12)14-6-5-11-10(13)15-8(3)4/h1,3,5-6H2,2,4H3,(H,11,13).